The molecule has 0 bridgehead atoms. The summed E-state index contributed by atoms with van der Waals surface area (Å²) in [5.74, 6) is -0.849. The van der Waals surface area contributed by atoms with Crippen molar-refractivity contribution in [3.05, 3.63) is 0 Å². The van der Waals surface area contributed by atoms with Gasteiger partial charge in [0.1, 0.15) is 6.54 Å². The van der Waals surface area contributed by atoms with Crippen LogP contribution in [0.15, 0.2) is 4.99 Å². The van der Waals surface area contributed by atoms with Crippen LogP contribution >= 0.6 is 0 Å². The predicted molar refractivity (Wildman–Crippen MR) is 101 cm³/mol. The molecule has 0 aliphatic rings. The van der Waals surface area contributed by atoms with Crippen LogP contribution in [0.3, 0.4) is 0 Å². The van der Waals surface area contributed by atoms with Crippen LogP contribution < -0.4 is 0 Å². The van der Waals surface area contributed by atoms with Gasteiger partial charge < -0.3 is 5.11 Å². The molecule has 0 fully saturated rings. The summed E-state index contributed by atoms with van der Waals surface area (Å²) in [5, 5.41) is 8.43. The molecule has 0 saturated heterocycles. The fourth-order valence-electron chi connectivity index (χ4n) is 2.84. The van der Waals surface area contributed by atoms with Crippen LogP contribution in [-0.4, -0.2) is 23.8 Å². The smallest absolute Gasteiger partial charge is 0.325 e. The highest BCUT2D eigenvalue weighted by Gasteiger charge is 1.94. The van der Waals surface area contributed by atoms with Crippen LogP contribution in [0.25, 0.3) is 0 Å². The summed E-state index contributed by atoms with van der Waals surface area (Å²) >= 11 is 0. The van der Waals surface area contributed by atoms with Crippen molar-refractivity contribution >= 4 is 12.2 Å². The summed E-state index contributed by atoms with van der Waals surface area (Å²) in [7, 11) is 0. The monoisotopic (exact) mass is 325 g/mol. The molecule has 0 saturated carbocycles. The number of aliphatic carboxylic acids is 1. The lowest BCUT2D eigenvalue weighted by atomic mass is 10.0. The summed E-state index contributed by atoms with van der Waals surface area (Å²) in [5.41, 5.74) is 0. The lowest BCUT2D eigenvalue weighted by Gasteiger charge is -2.03. The second kappa shape index (κ2) is 19.2. The Kier molecular flexibility index (Phi) is 18.5. The standard InChI is InChI=1S/C20H39NO2/c1-2-3-4-5-6-7-8-9-10-11-12-13-14-15-16-17-18-21-19-20(22)23/h18H,2-17,19H2,1H3,(H,22,23). The highest BCUT2D eigenvalue weighted by molar-refractivity contribution is 5.71. The van der Waals surface area contributed by atoms with Crippen LogP contribution in [0.1, 0.15) is 110 Å². The van der Waals surface area contributed by atoms with E-state index in [1.165, 1.54) is 89.9 Å². The minimum atomic E-state index is -0.849. The van der Waals surface area contributed by atoms with Gasteiger partial charge in [0.2, 0.25) is 0 Å². The van der Waals surface area contributed by atoms with Gasteiger partial charge in [-0.15, -0.1) is 0 Å². The number of nitrogens with zero attached hydrogens (tertiary/aromatic N) is 1. The second-order valence-electron chi connectivity index (χ2n) is 6.66. The number of unbranched alkanes of at least 4 members (excludes halogenated alkanes) is 15. The minimum absolute atomic E-state index is 0.0846. The van der Waals surface area contributed by atoms with Crippen molar-refractivity contribution in [3.63, 3.8) is 0 Å². The molecule has 0 aromatic heterocycles. The third kappa shape index (κ3) is 21.1. The zero-order valence-electron chi connectivity index (χ0n) is 15.4. The lowest BCUT2D eigenvalue weighted by Crippen LogP contribution is -1.98. The van der Waals surface area contributed by atoms with E-state index in [2.05, 4.69) is 11.9 Å². The molecule has 3 nitrogen and oxygen atoms in total. The quantitative estimate of drug-likeness (QED) is 0.234. The van der Waals surface area contributed by atoms with E-state index in [0.717, 1.165) is 12.8 Å². The van der Waals surface area contributed by atoms with E-state index in [1.807, 2.05) is 0 Å². The molecule has 0 amide bonds. The van der Waals surface area contributed by atoms with Gasteiger partial charge in [-0.3, -0.25) is 9.79 Å². The topological polar surface area (TPSA) is 49.7 Å². The summed E-state index contributed by atoms with van der Waals surface area (Å²) in [6.45, 7) is 2.19. The summed E-state index contributed by atoms with van der Waals surface area (Å²) in [4.78, 5) is 14.1. The zero-order valence-corrected chi connectivity index (χ0v) is 15.4. The molecule has 0 aliphatic carbocycles. The van der Waals surface area contributed by atoms with E-state index < -0.39 is 5.97 Å². The Bertz CT molecular complexity index is 277. The average molecular weight is 326 g/mol. The summed E-state index contributed by atoms with van der Waals surface area (Å²) in [6.07, 6.45) is 23.3. The van der Waals surface area contributed by atoms with Crippen LogP contribution in [0.4, 0.5) is 0 Å². The largest absolute Gasteiger partial charge is 0.480 e. The highest BCUT2D eigenvalue weighted by atomic mass is 16.4. The molecular formula is C20H39NO2. The van der Waals surface area contributed by atoms with Crippen LogP contribution in [0.2, 0.25) is 0 Å². The molecule has 0 aromatic rings. The molecule has 0 aromatic carbocycles. The molecule has 0 spiro atoms. The van der Waals surface area contributed by atoms with Crippen LogP contribution in [0.5, 0.6) is 0 Å². The Balaban J connectivity index is 3.02. The first-order valence-corrected chi connectivity index (χ1v) is 9.97. The predicted octanol–water partition coefficient (Wildman–Crippen LogP) is 6.40. The molecule has 0 aliphatic heterocycles. The van der Waals surface area contributed by atoms with E-state index >= 15 is 0 Å². The van der Waals surface area contributed by atoms with Gasteiger partial charge in [0.05, 0.1) is 0 Å². The van der Waals surface area contributed by atoms with Crippen molar-refractivity contribution in [2.75, 3.05) is 6.54 Å². The first kappa shape index (κ1) is 22.1. The van der Waals surface area contributed by atoms with Gasteiger partial charge in [-0.2, -0.15) is 0 Å². The average Bonchev–Trinajstić information content (AvgIpc) is 2.53. The Morgan fingerprint density at radius 1 is 0.739 bits per heavy atom. The van der Waals surface area contributed by atoms with Gasteiger partial charge in [0.25, 0.3) is 0 Å². The maximum absolute atomic E-state index is 10.3. The normalized spacial score (nSPS) is 11.3. The number of carbonyl (C=O) groups is 1. The van der Waals surface area contributed by atoms with E-state index in [1.54, 1.807) is 6.21 Å². The maximum atomic E-state index is 10.3. The highest BCUT2D eigenvalue weighted by Crippen LogP contribution is 2.13. The molecule has 0 rings (SSSR count). The van der Waals surface area contributed by atoms with Crippen molar-refractivity contribution in [2.24, 2.45) is 4.99 Å². The Labute approximate surface area is 144 Å². The van der Waals surface area contributed by atoms with Gasteiger partial charge in [-0.25, -0.2) is 0 Å². The van der Waals surface area contributed by atoms with Gasteiger partial charge >= 0.3 is 5.97 Å². The fraction of sp³-hybridized carbons (Fsp3) is 0.900. The number of hydrogen-bond donors (Lipinski definition) is 1. The molecule has 0 radical (unpaired) electrons. The summed E-state index contributed by atoms with van der Waals surface area (Å²) in [6, 6.07) is 0. The minimum Gasteiger partial charge on any atom is -0.480 e. The third-order valence-corrected chi connectivity index (χ3v) is 4.29. The number of aliphatic imine (C=N–C) groups is 1. The zero-order chi connectivity index (χ0) is 17.0. The van der Waals surface area contributed by atoms with Gasteiger partial charge in [-0.05, 0) is 19.1 Å². The molecular weight excluding hydrogens is 286 g/mol. The molecule has 136 valence electrons. The maximum Gasteiger partial charge on any atom is 0.325 e. The molecule has 1 N–H and O–H groups in total. The van der Waals surface area contributed by atoms with E-state index in [0.29, 0.717) is 0 Å². The Morgan fingerprint density at radius 3 is 1.52 bits per heavy atom. The molecule has 0 heterocycles. The number of hydrogen-bond acceptors (Lipinski definition) is 2. The van der Waals surface area contributed by atoms with Crippen molar-refractivity contribution in [2.45, 2.75) is 110 Å². The first-order valence-electron chi connectivity index (χ1n) is 9.97. The van der Waals surface area contributed by atoms with Crippen molar-refractivity contribution in [3.8, 4) is 0 Å². The van der Waals surface area contributed by atoms with E-state index in [4.69, 9.17) is 5.11 Å². The molecule has 0 unspecified atom stereocenters. The third-order valence-electron chi connectivity index (χ3n) is 4.29. The number of carboxylic acids is 1. The second-order valence-corrected chi connectivity index (χ2v) is 6.66. The molecule has 3 heteroatoms. The molecule has 0 atom stereocenters. The van der Waals surface area contributed by atoms with E-state index in [9.17, 15) is 4.79 Å². The van der Waals surface area contributed by atoms with Crippen molar-refractivity contribution < 1.29 is 9.90 Å². The molecule has 23 heavy (non-hydrogen) atoms. The fourth-order valence-corrected chi connectivity index (χ4v) is 2.84. The number of rotatable bonds is 18. The van der Waals surface area contributed by atoms with Crippen LogP contribution in [0, 0.1) is 0 Å². The summed E-state index contributed by atoms with van der Waals surface area (Å²) < 4.78 is 0. The SMILES string of the molecule is CCCCCCCCCCCCCCCCCC=NCC(=O)O. The number of carboxylic acid groups (broad SMARTS) is 1. The van der Waals surface area contributed by atoms with Gasteiger partial charge in [-0.1, -0.05) is 96.8 Å². The van der Waals surface area contributed by atoms with Crippen LogP contribution in [-0.2, 0) is 4.79 Å². The Morgan fingerprint density at radius 2 is 1.13 bits per heavy atom. The lowest BCUT2D eigenvalue weighted by molar-refractivity contribution is -0.135. The van der Waals surface area contributed by atoms with Gasteiger partial charge in [0.15, 0.2) is 0 Å². The Hall–Kier alpha value is -0.860. The first-order chi connectivity index (χ1) is 11.3. The van der Waals surface area contributed by atoms with Crippen molar-refractivity contribution in [1.29, 1.82) is 0 Å². The van der Waals surface area contributed by atoms with Crippen molar-refractivity contribution in [1.82, 2.24) is 0 Å². The van der Waals surface area contributed by atoms with E-state index in [-0.39, 0.29) is 6.54 Å². The van der Waals surface area contributed by atoms with Gasteiger partial charge in [0, 0.05) is 0 Å².